The molecule has 0 radical (unpaired) electrons. The van der Waals surface area contributed by atoms with Gasteiger partial charge in [-0.25, -0.2) is 8.78 Å². The van der Waals surface area contributed by atoms with Crippen LogP contribution in [0.2, 0.25) is 0 Å². The molecule has 0 N–H and O–H groups in total. The van der Waals surface area contributed by atoms with Crippen LogP contribution in [-0.4, -0.2) is 10.1 Å². The summed E-state index contributed by atoms with van der Waals surface area (Å²) >= 11 is 0. The van der Waals surface area contributed by atoms with Gasteiger partial charge in [0.2, 0.25) is 11.7 Å². The summed E-state index contributed by atoms with van der Waals surface area (Å²) in [4.78, 5) is 4.12. The Morgan fingerprint density at radius 3 is 2.50 bits per heavy atom. The average molecular weight is 302 g/mol. The number of aromatic nitrogens is 2. The number of hydrogen-bond donors (Lipinski definition) is 0. The van der Waals surface area contributed by atoms with Crippen LogP contribution in [0.15, 0.2) is 47.0 Å². The van der Waals surface area contributed by atoms with Crippen LogP contribution in [0, 0.1) is 18.6 Å². The summed E-state index contributed by atoms with van der Waals surface area (Å²) in [6.07, 6.45) is 0. The topological polar surface area (TPSA) is 48.2 Å². The summed E-state index contributed by atoms with van der Waals surface area (Å²) < 4.78 is 37.5. The molecule has 22 heavy (non-hydrogen) atoms. The Labute approximate surface area is 125 Å². The molecular weight excluding hydrogens is 290 g/mol. The van der Waals surface area contributed by atoms with Crippen LogP contribution < -0.4 is 4.74 Å². The Kier molecular flexibility index (Phi) is 3.82. The minimum Gasteiger partial charge on any atom is -0.489 e. The maximum Gasteiger partial charge on any atom is 0.223 e. The van der Waals surface area contributed by atoms with Gasteiger partial charge in [0, 0.05) is 12.5 Å². The Hall–Kier alpha value is -2.76. The molecule has 0 saturated carbocycles. The van der Waals surface area contributed by atoms with Crippen molar-refractivity contribution in [2.45, 2.75) is 13.5 Å². The van der Waals surface area contributed by atoms with E-state index >= 15 is 0 Å². The zero-order chi connectivity index (χ0) is 15.5. The fourth-order valence-corrected chi connectivity index (χ4v) is 1.97. The van der Waals surface area contributed by atoms with Crippen LogP contribution in [0.1, 0.15) is 11.5 Å². The Bertz CT molecular complexity index is 782. The first-order valence-corrected chi connectivity index (χ1v) is 6.60. The average Bonchev–Trinajstić information content (AvgIpc) is 2.94. The van der Waals surface area contributed by atoms with Crippen LogP contribution in [0.3, 0.4) is 0 Å². The van der Waals surface area contributed by atoms with Gasteiger partial charge in [-0.05, 0) is 24.3 Å². The summed E-state index contributed by atoms with van der Waals surface area (Å²) in [5, 5.41) is 3.81. The molecule has 4 nitrogen and oxygen atoms in total. The van der Waals surface area contributed by atoms with Gasteiger partial charge in [0.25, 0.3) is 0 Å². The molecule has 112 valence electrons. The molecule has 0 fully saturated rings. The van der Waals surface area contributed by atoms with Gasteiger partial charge in [-0.15, -0.1) is 0 Å². The fourth-order valence-electron chi connectivity index (χ4n) is 1.97. The minimum atomic E-state index is -0.634. The lowest BCUT2D eigenvalue weighted by Gasteiger charge is -2.08. The van der Waals surface area contributed by atoms with Crippen molar-refractivity contribution in [3.05, 3.63) is 65.6 Å². The molecular formula is C16H12F2N2O2. The van der Waals surface area contributed by atoms with Crippen molar-refractivity contribution in [2.24, 2.45) is 0 Å². The molecule has 1 heterocycles. The van der Waals surface area contributed by atoms with E-state index in [1.807, 2.05) is 0 Å². The summed E-state index contributed by atoms with van der Waals surface area (Å²) in [6, 6.07) is 10.6. The molecule has 3 aromatic rings. The number of benzene rings is 2. The maximum absolute atomic E-state index is 13.5. The number of aryl methyl sites for hydroxylation is 1. The lowest BCUT2D eigenvalue weighted by atomic mass is 10.2. The Morgan fingerprint density at radius 2 is 1.82 bits per heavy atom. The highest BCUT2D eigenvalue weighted by atomic mass is 19.1. The summed E-state index contributed by atoms with van der Waals surface area (Å²) in [6.45, 7) is 1.49. The van der Waals surface area contributed by atoms with Gasteiger partial charge >= 0.3 is 0 Å². The number of halogens is 2. The second-order valence-electron chi connectivity index (χ2n) is 4.65. The van der Waals surface area contributed by atoms with Crippen LogP contribution in [0.25, 0.3) is 11.4 Å². The molecule has 2 aromatic carbocycles. The van der Waals surface area contributed by atoms with E-state index in [2.05, 4.69) is 10.1 Å². The molecule has 0 aliphatic carbocycles. The lowest BCUT2D eigenvalue weighted by molar-refractivity contribution is 0.292. The zero-order valence-corrected chi connectivity index (χ0v) is 11.7. The molecule has 0 atom stereocenters. The molecule has 3 rings (SSSR count). The van der Waals surface area contributed by atoms with Crippen molar-refractivity contribution in [3.63, 3.8) is 0 Å². The highest BCUT2D eigenvalue weighted by Gasteiger charge is 2.10. The van der Waals surface area contributed by atoms with E-state index in [4.69, 9.17) is 9.26 Å². The van der Waals surface area contributed by atoms with Crippen molar-refractivity contribution in [3.8, 4) is 17.1 Å². The first kappa shape index (κ1) is 14.2. The Morgan fingerprint density at radius 1 is 1.09 bits per heavy atom. The second kappa shape index (κ2) is 5.93. The monoisotopic (exact) mass is 302 g/mol. The quantitative estimate of drug-likeness (QED) is 0.733. The highest BCUT2D eigenvalue weighted by Crippen LogP contribution is 2.23. The normalized spacial score (nSPS) is 10.7. The third-order valence-corrected chi connectivity index (χ3v) is 3.06. The predicted molar refractivity (Wildman–Crippen MR) is 75.2 cm³/mol. The summed E-state index contributed by atoms with van der Waals surface area (Å²) in [7, 11) is 0. The number of ether oxygens (including phenoxy) is 1. The number of nitrogens with zero attached hydrogens (tertiary/aromatic N) is 2. The molecule has 0 bridgehead atoms. The van der Waals surface area contributed by atoms with E-state index in [-0.39, 0.29) is 12.2 Å². The molecule has 6 heteroatoms. The third-order valence-electron chi connectivity index (χ3n) is 3.06. The molecule has 0 unspecified atom stereocenters. The van der Waals surface area contributed by atoms with Gasteiger partial charge in [-0.3, -0.25) is 0 Å². The van der Waals surface area contributed by atoms with E-state index in [1.54, 1.807) is 31.2 Å². The molecule has 0 amide bonds. The van der Waals surface area contributed by atoms with Gasteiger partial charge in [0.1, 0.15) is 24.0 Å². The SMILES string of the molecule is Cc1nc(-c2cccc(OCc3c(F)cccc3F)c2)no1. The number of rotatable bonds is 4. The standard InChI is InChI=1S/C16H12F2N2O2/c1-10-19-16(20-22-10)11-4-2-5-12(8-11)21-9-13-14(17)6-3-7-15(13)18/h2-8H,9H2,1H3. The zero-order valence-electron chi connectivity index (χ0n) is 11.7. The largest absolute Gasteiger partial charge is 0.489 e. The minimum absolute atomic E-state index is 0.108. The molecule has 0 saturated heterocycles. The summed E-state index contributed by atoms with van der Waals surface area (Å²) in [5.41, 5.74) is 0.590. The predicted octanol–water partition coefficient (Wildman–Crippen LogP) is 3.90. The van der Waals surface area contributed by atoms with Crippen molar-refractivity contribution in [1.29, 1.82) is 0 Å². The van der Waals surface area contributed by atoms with Gasteiger partial charge in [0.15, 0.2) is 0 Å². The Balaban J connectivity index is 1.79. The van der Waals surface area contributed by atoms with Crippen LogP contribution >= 0.6 is 0 Å². The van der Waals surface area contributed by atoms with Crippen molar-refractivity contribution in [2.75, 3.05) is 0 Å². The molecule has 0 aliphatic heterocycles. The smallest absolute Gasteiger partial charge is 0.223 e. The van der Waals surface area contributed by atoms with Crippen molar-refractivity contribution < 1.29 is 18.0 Å². The maximum atomic E-state index is 13.5. The van der Waals surface area contributed by atoms with E-state index < -0.39 is 11.6 Å². The van der Waals surface area contributed by atoms with Gasteiger partial charge in [-0.2, -0.15) is 4.98 Å². The third kappa shape index (κ3) is 2.95. The van der Waals surface area contributed by atoms with Gasteiger partial charge < -0.3 is 9.26 Å². The molecule has 0 aliphatic rings. The highest BCUT2D eigenvalue weighted by molar-refractivity contribution is 5.56. The van der Waals surface area contributed by atoms with E-state index in [0.29, 0.717) is 23.0 Å². The van der Waals surface area contributed by atoms with E-state index in [9.17, 15) is 8.78 Å². The van der Waals surface area contributed by atoms with Gasteiger partial charge in [-0.1, -0.05) is 23.4 Å². The first-order valence-electron chi connectivity index (χ1n) is 6.60. The van der Waals surface area contributed by atoms with Crippen LogP contribution in [0.4, 0.5) is 8.78 Å². The van der Waals surface area contributed by atoms with Crippen LogP contribution in [0.5, 0.6) is 5.75 Å². The van der Waals surface area contributed by atoms with Gasteiger partial charge in [0.05, 0.1) is 5.56 Å². The molecule has 0 spiro atoms. The second-order valence-corrected chi connectivity index (χ2v) is 4.65. The van der Waals surface area contributed by atoms with Crippen molar-refractivity contribution in [1.82, 2.24) is 10.1 Å². The lowest BCUT2D eigenvalue weighted by Crippen LogP contribution is -2.01. The van der Waals surface area contributed by atoms with E-state index in [0.717, 1.165) is 0 Å². The number of hydrogen-bond acceptors (Lipinski definition) is 4. The molecule has 1 aromatic heterocycles. The first-order chi connectivity index (χ1) is 10.6. The summed E-state index contributed by atoms with van der Waals surface area (Å²) in [5.74, 6) is 0.0762. The fraction of sp³-hybridized carbons (Fsp3) is 0.125. The van der Waals surface area contributed by atoms with Crippen molar-refractivity contribution >= 4 is 0 Å². The van der Waals surface area contributed by atoms with E-state index in [1.165, 1.54) is 18.2 Å². The van der Waals surface area contributed by atoms with Crippen LogP contribution in [-0.2, 0) is 6.61 Å².